The highest BCUT2D eigenvalue weighted by molar-refractivity contribution is 7.90. The quantitative estimate of drug-likeness (QED) is 0.838. The third-order valence-electron chi connectivity index (χ3n) is 3.01. The molecule has 1 aromatic heterocycles. The molecule has 1 aromatic carbocycles. The van der Waals surface area contributed by atoms with Crippen molar-refractivity contribution in [1.82, 2.24) is 10.2 Å². The molecule has 3 rings (SSSR count). The van der Waals surface area contributed by atoms with Crippen LogP contribution in [-0.4, -0.2) is 24.9 Å². The minimum Gasteiger partial charge on any atom is -0.484 e. The van der Waals surface area contributed by atoms with E-state index in [2.05, 4.69) is 10.2 Å². The molecule has 0 N–H and O–H groups in total. The maximum atomic E-state index is 11.4. The Hall–Kier alpha value is -1.89. The Morgan fingerprint density at radius 3 is 2.85 bits per heavy atom. The summed E-state index contributed by atoms with van der Waals surface area (Å²) < 4.78 is 33.8. The first kappa shape index (κ1) is 13.1. The Kier molecular flexibility index (Phi) is 3.21. The van der Waals surface area contributed by atoms with E-state index in [4.69, 9.17) is 9.15 Å². The highest BCUT2D eigenvalue weighted by Crippen LogP contribution is 2.39. The van der Waals surface area contributed by atoms with E-state index >= 15 is 0 Å². The van der Waals surface area contributed by atoms with Gasteiger partial charge in [-0.3, -0.25) is 0 Å². The maximum absolute atomic E-state index is 11.4. The minimum absolute atomic E-state index is 0.132. The van der Waals surface area contributed by atoms with E-state index in [0.29, 0.717) is 23.4 Å². The summed E-state index contributed by atoms with van der Waals surface area (Å²) in [5.41, 5.74) is 0. The van der Waals surface area contributed by atoms with Crippen molar-refractivity contribution in [1.29, 1.82) is 0 Å². The lowest BCUT2D eigenvalue weighted by molar-refractivity contribution is 0.258. The average Bonchev–Trinajstić information content (AvgIpc) is 3.15. The van der Waals surface area contributed by atoms with Crippen LogP contribution in [0.2, 0.25) is 0 Å². The van der Waals surface area contributed by atoms with Crippen LogP contribution in [0.1, 0.15) is 30.5 Å². The lowest BCUT2D eigenvalue weighted by Crippen LogP contribution is -1.99. The highest BCUT2D eigenvalue weighted by Gasteiger charge is 2.29. The van der Waals surface area contributed by atoms with E-state index in [9.17, 15) is 8.42 Å². The monoisotopic (exact) mass is 294 g/mol. The van der Waals surface area contributed by atoms with E-state index < -0.39 is 9.84 Å². The molecule has 0 radical (unpaired) electrons. The molecular weight excluding hydrogens is 280 g/mol. The Labute approximate surface area is 116 Å². The summed E-state index contributed by atoms with van der Waals surface area (Å²) in [5, 5.41) is 7.86. The number of benzene rings is 1. The van der Waals surface area contributed by atoms with E-state index in [1.807, 2.05) is 0 Å². The number of ether oxygens (including phenoxy) is 1. The normalized spacial score (nSPS) is 15.2. The van der Waals surface area contributed by atoms with Gasteiger partial charge < -0.3 is 9.15 Å². The zero-order valence-electron chi connectivity index (χ0n) is 10.9. The van der Waals surface area contributed by atoms with Crippen LogP contribution in [0.3, 0.4) is 0 Å². The van der Waals surface area contributed by atoms with Gasteiger partial charge in [0.05, 0.1) is 4.90 Å². The molecule has 1 saturated carbocycles. The van der Waals surface area contributed by atoms with Gasteiger partial charge in [0.15, 0.2) is 16.4 Å². The van der Waals surface area contributed by atoms with Gasteiger partial charge in [-0.05, 0) is 31.0 Å². The molecule has 106 valence electrons. The lowest BCUT2D eigenvalue weighted by atomic mass is 10.3. The van der Waals surface area contributed by atoms with Crippen molar-refractivity contribution < 1.29 is 17.6 Å². The smallest absolute Gasteiger partial charge is 0.253 e. The van der Waals surface area contributed by atoms with Gasteiger partial charge in [0, 0.05) is 12.2 Å². The molecule has 0 amide bonds. The van der Waals surface area contributed by atoms with Gasteiger partial charge in [-0.1, -0.05) is 6.07 Å². The van der Waals surface area contributed by atoms with Gasteiger partial charge in [-0.2, -0.15) is 0 Å². The largest absolute Gasteiger partial charge is 0.484 e. The molecule has 7 heteroatoms. The van der Waals surface area contributed by atoms with Gasteiger partial charge >= 0.3 is 0 Å². The zero-order valence-corrected chi connectivity index (χ0v) is 11.8. The van der Waals surface area contributed by atoms with Crippen molar-refractivity contribution in [2.75, 3.05) is 6.26 Å². The predicted octanol–water partition coefficient (Wildman–Crippen LogP) is 1.93. The number of aromatic nitrogens is 2. The summed E-state index contributed by atoms with van der Waals surface area (Å²) in [5.74, 6) is 1.93. The summed E-state index contributed by atoms with van der Waals surface area (Å²) in [6, 6.07) is 6.33. The highest BCUT2D eigenvalue weighted by atomic mass is 32.2. The minimum atomic E-state index is -3.24. The molecule has 1 fully saturated rings. The second-order valence-corrected chi connectivity index (χ2v) is 6.86. The Balaban J connectivity index is 1.68. The van der Waals surface area contributed by atoms with Crippen molar-refractivity contribution in [2.24, 2.45) is 0 Å². The second-order valence-electron chi connectivity index (χ2n) is 4.84. The van der Waals surface area contributed by atoms with Crippen molar-refractivity contribution in [2.45, 2.75) is 30.3 Å². The van der Waals surface area contributed by atoms with Gasteiger partial charge in [-0.25, -0.2) is 8.42 Å². The van der Waals surface area contributed by atoms with Crippen molar-refractivity contribution in [3.05, 3.63) is 36.0 Å². The third-order valence-corrected chi connectivity index (χ3v) is 4.12. The third kappa shape index (κ3) is 2.98. The number of nitrogens with zero attached hydrogens (tertiary/aromatic N) is 2. The molecular formula is C13H14N2O4S. The molecule has 0 saturated heterocycles. The van der Waals surface area contributed by atoms with Gasteiger partial charge in [0.25, 0.3) is 5.89 Å². The fraction of sp³-hybridized carbons (Fsp3) is 0.385. The van der Waals surface area contributed by atoms with Crippen molar-refractivity contribution in [3.63, 3.8) is 0 Å². The first-order chi connectivity index (χ1) is 9.52. The summed E-state index contributed by atoms with van der Waals surface area (Å²) in [6.45, 7) is 0.132. The van der Waals surface area contributed by atoms with E-state index in [0.717, 1.165) is 19.1 Å². The summed E-state index contributed by atoms with van der Waals surface area (Å²) >= 11 is 0. The molecule has 6 nitrogen and oxygen atoms in total. The van der Waals surface area contributed by atoms with E-state index in [-0.39, 0.29) is 11.5 Å². The van der Waals surface area contributed by atoms with Crippen LogP contribution < -0.4 is 4.74 Å². The maximum Gasteiger partial charge on any atom is 0.253 e. The molecule has 2 aromatic rings. The summed E-state index contributed by atoms with van der Waals surface area (Å²) in [4.78, 5) is 0.221. The van der Waals surface area contributed by atoms with E-state index in [1.54, 1.807) is 12.1 Å². The van der Waals surface area contributed by atoms with Crippen LogP contribution in [-0.2, 0) is 16.4 Å². The molecule has 0 bridgehead atoms. The molecule has 0 spiro atoms. The summed E-state index contributed by atoms with van der Waals surface area (Å²) in [6.07, 6.45) is 3.35. The zero-order chi connectivity index (χ0) is 14.2. The fourth-order valence-electron chi connectivity index (χ4n) is 1.76. The molecule has 1 heterocycles. The molecule has 1 aliphatic rings. The molecule has 0 aliphatic heterocycles. The molecule has 0 atom stereocenters. The number of hydrogen-bond acceptors (Lipinski definition) is 6. The van der Waals surface area contributed by atoms with Crippen LogP contribution in [0, 0.1) is 0 Å². The lowest BCUT2D eigenvalue weighted by Gasteiger charge is -2.04. The fourth-order valence-corrected chi connectivity index (χ4v) is 2.42. The number of rotatable bonds is 5. The van der Waals surface area contributed by atoms with Crippen LogP contribution in [0.15, 0.2) is 33.6 Å². The van der Waals surface area contributed by atoms with Crippen LogP contribution in [0.5, 0.6) is 5.75 Å². The standard InChI is InChI=1S/C13H14N2O4S/c1-20(16,17)11-4-2-3-10(7-11)18-8-12-14-15-13(19-12)9-5-6-9/h2-4,7,9H,5-6,8H2,1H3. The summed E-state index contributed by atoms with van der Waals surface area (Å²) in [7, 11) is -3.24. The first-order valence-electron chi connectivity index (χ1n) is 6.27. The number of sulfone groups is 1. The average molecular weight is 294 g/mol. The van der Waals surface area contributed by atoms with Crippen LogP contribution >= 0.6 is 0 Å². The Morgan fingerprint density at radius 1 is 1.35 bits per heavy atom. The second kappa shape index (κ2) is 4.90. The first-order valence-corrected chi connectivity index (χ1v) is 8.17. The Morgan fingerprint density at radius 2 is 2.15 bits per heavy atom. The van der Waals surface area contributed by atoms with Crippen molar-refractivity contribution in [3.8, 4) is 5.75 Å². The van der Waals surface area contributed by atoms with Gasteiger partial charge in [0.2, 0.25) is 5.89 Å². The Bertz CT molecular complexity index is 719. The molecule has 20 heavy (non-hydrogen) atoms. The molecule has 1 aliphatic carbocycles. The van der Waals surface area contributed by atoms with E-state index in [1.165, 1.54) is 12.1 Å². The topological polar surface area (TPSA) is 82.3 Å². The van der Waals surface area contributed by atoms with Crippen LogP contribution in [0.25, 0.3) is 0 Å². The SMILES string of the molecule is CS(=O)(=O)c1cccc(OCc2nnc(C3CC3)o2)c1. The van der Waals surface area contributed by atoms with Crippen LogP contribution in [0.4, 0.5) is 0 Å². The van der Waals surface area contributed by atoms with Gasteiger partial charge in [-0.15, -0.1) is 10.2 Å². The number of hydrogen-bond donors (Lipinski definition) is 0. The van der Waals surface area contributed by atoms with Gasteiger partial charge in [0.1, 0.15) is 5.75 Å². The predicted molar refractivity (Wildman–Crippen MR) is 70.2 cm³/mol. The molecule has 0 unspecified atom stereocenters. The van der Waals surface area contributed by atoms with Crippen molar-refractivity contribution >= 4 is 9.84 Å².